The minimum Gasteiger partial charge on any atom is -0.461 e. The number of carbonyl (C=O) groups excluding carboxylic acids is 1. The Balaban J connectivity index is 1.26. The fourth-order valence-electron chi connectivity index (χ4n) is 6.61. The Labute approximate surface area is 220 Å². The topological polar surface area (TPSA) is 129 Å². The van der Waals surface area contributed by atoms with Gasteiger partial charge in [-0.25, -0.2) is 9.78 Å². The van der Waals surface area contributed by atoms with E-state index in [0.717, 1.165) is 23.0 Å². The number of fused-ring (bicyclic) bond motifs is 3. The van der Waals surface area contributed by atoms with Crippen LogP contribution in [-0.4, -0.2) is 83.8 Å². The van der Waals surface area contributed by atoms with Crippen molar-refractivity contribution in [2.45, 2.75) is 62.4 Å². The number of esters is 1. The Hall–Kier alpha value is -3.28. The summed E-state index contributed by atoms with van der Waals surface area (Å²) in [4.78, 5) is 42.1. The van der Waals surface area contributed by atoms with E-state index >= 15 is 0 Å². The van der Waals surface area contributed by atoms with E-state index in [0.29, 0.717) is 35.0 Å². The van der Waals surface area contributed by atoms with Crippen molar-refractivity contribution in [2.24, 2.45) is 14.1 Å². The summed E-state index contributed by atoms with van der Waals surface area (Å²) in [6, 6.07) is 9.66. The van der Waals surface area contributed by atoms with Crippen molar-refractivity contribution in [3.8, 4) is 0 Å². The Morgan fingerprint density at radius 2 is 1.79 bits per heavy atom. The largest absolute Gasteiger partial charge is 0.461 e. The third kappa shape index (κ3) is 4.48. The molecule has 4 heterocycles. The Morgan fingerprint density at radius 3 is 2.42 bits per heavy atom. The molecule has 0 radical (unpaired) electrons. The van der Waals surface area contributed by atoms with Crippen LogP contribution < -0.4 is 11.2 Å². The summed E-state index contributed by atoms with van der Waals surface area (Å²) in [5.41, 5.74) is 0.449. The van der Waals surface area contributed by atoms with Crippen molar-refractivity contribution in [1.29, 1.82) is 0 Å². The van der Waals surface area contributed by atoms with Gasteiger partial charge >= 0.3 is 11.7 Å². The highest BCUT2D eigenvalue weighted by atomic mass is 16.5. The highest BCUT2D eigenvalue weighted by molar-refractivity contribution is 5.78. The average Bonchev–Trinajstić information content (AvgIpc) is 3.34. The molecule has 0 amide bonds. The first kappa shape index (κ1) is 26.3. The SMILES string of the molecule is Cn1c(=O)c2c(ncn2CC(O)C[N+]2(C)C3CCC2CC(OC(=O)C(CO)c2ccccc2)C3)n(C)c1=O. The number of nitrogens with zero attached hydrogens (tertiary/aromatic N) is 5. The van der Waals surface area contributed by atoms with Crippen LogP contribution in [-0.2, 0) is 30.2 Å². The molecule has 204 valence electrons. The highest BCUT2D eigenvalue weighted by Gasteiger charge is 2.53. The number of hydrogen-bond donors (Lipinski definition) is 2. The van der Waals surface area contributed by atoms with E-state index in [1.165, 1.54) is 17.9 Å². The summed E-state index contributed by atoms with van der Waals surface area (Å²) in [6.07, 6.45) is 3.92. The lowest BCUT2D eigenvalue weighted by Crippen LogP contribution is -2.61. The third-order valence-corrected chi connectivity index (χ3v) is 8.75. The summed E-state index contributed by atoms with van der Waals surface area (Å²) in [7, 11) is 5.15. The predicted octanol–water partition coefficient (Wildman–Crippen LogP) is 0.254. The minimum absolute atomic E-state index is 0.185. The molecule has 0 spiro atoms. The van der Waals surface area contributed by atoms with Gasteiger partial charge in [0.05, 0.1) is 38.6 Å². The molecule has 5 rings (SSSR count). The van der Waals surface area contributed by atoms with Crippen molar-refractivity contribution in [1.82, 2.24) is 18.7 Å². The quantitative estimate of drug-likeness (QED) is 0.318. The summed E-state index contributed by atoms with van der Waals surface area (Å²) in [5.74, 6) is -1.10. The van der Waals surface area contributed by atoms with E-state index in [2.05, 4.69) is 12.0 Å². The summed E-state index contributed by atoms with van der Waals surface area (Å²) >= 11 is 0. The number of benzene rings is 1. The third-order valence-electron chi connectivity index (χ3n) is 8.75. The van der Waals surface area contributed by atoms with Gasteiger partial charge in [-0.3, -0.25) is 18.7 Å². The van der Waals surface area contributed by atoms with Gasteiger partial charge in [-0.05, 0) is 5.56 Å². The number of aliphatic hydroxyl groups excluding tert-OH is 2. The van der Waals surface area contributed by atoms with Crippen LogP contribution in [0.3, 0.4) is 0 Å². The monoisotopic (exact) mass is 526 g/mol. The molecule has 38 heavy (non-hydrogen) atoms. The lowest BCUT2D eigenvalue weighted by Gasteiger charge is -2.47. The van der Waals surface area contributed by atoms with E-state index in [1.807, 2.05) is 30.3 Å². The first-order chi connectivity index (χ1) is 18.1. The molecular formula is C27H36N5O6+. The van der Waals surface area contributed by atoms with E-state index in [1.54, 1.807) is 11.6 Å². The first-order valence-corrected chi connectivity index (χ1v) is 13.1. The molecule has 2 aromatic heterocycles. The number of quaternary nitrogens is 1. The molecule has 4 unspecified atom stereocenters. The van der Waals surface area contributed by atoms with E-state index < -0.39 is 29.2 Å². The molecule has 2 saturated heterocycles. The molecule has 3 aromatic rings. The standard InChI is InChI=1S/C27H36N5O6/c1-29-24-23(25(35)30(2)27(29)37)31(16-28-24)13-20(34)14-32(3)18-9-10-19(32)12-21(11-18)38-26(36)22(15-33)17-7-5-4-6-8-17/h4-8,16,18-22,33-34H,9-15H2,1-3H3/q+1. The molecule has 11 nitrogen and oxygen atoms in total. The number of carbonyl (C=O) groups is 1. The second-order valence-corrected chi connectivity index (χ2v) is 11.0. The molecule has 1 aromatic carbocycles. The van der Waals surface area contributed by atoms with Crippen LogP contribution in [0.1, 0.15) is 37.2 Å². The van der Waals surface area contributed by atoms with E-state index in [-0.39, 0.29) is 31.3 Å². The van der Waals surface area contributed by atoms with Crippen LogP contribution in [0.5, 0.6) is 0 Å². The van der Waals surface area contributed by atoms with Crippen molar-refractivity contribution >= 4 is 17.1 Å². The van der Waals surface area contributed by atoms with E-state index in [4.69, 9.17) is 4.74 Å². The maximum atomic E-state index is 12.9. The molecule has 2 bridgehead atoms. The molecule has 2 fully saturated rings. The first-order valence-electron chi connectivity index (χ1n) is 13.1. The van der Waals surface area contributed by atoms with Crippen molar-refractivity contribution in [3.05, 3.63) is 63.1 Å². The van der Waals surface area contributed by atoms with Gasteiger partial charge in [0.15, 0.2) is 11.2 Å². The highest BCUT2D eigenvalue weighted by Crippen LogP contribution is 2.42. The number of rotatable bonds is 8. The van der Waals surface area contributed by atoms with Gasteiger partial charge in [0.2, 0.25) is 0 Å². The summed E-state index contributed by atoms with van der Waals surface area (Å²) < 4.78 is 10.6. The van der Waals surface area contributed by atoms with Gasteiger partial charge in [0.25, 0.3) is 5.56 Å². The second kappa shape index (κ2) is 10.1. The molecule has 4 atom stereocenters. The lowest BCUT2D eigenvalue weighted by atomic mass is 9.95. The van der Waals surface area contributed by atoms with Gasteiger partial charge in [-0.15, -0.1) is 0 Å². The van der Waals surface area contributed by atoms with Gasteiger partial charge < -0.3 is 24.0 Å². The molecule has 2 N–H and O–H groups in total. The summed E-state index contributed by atoms with van der Waals surface area (Å²) in [6.45, 7) is 0.374. The lowest BCUT2D eigenvalue weighted by molar-refractivity contribution is -0.951. The van der Waals surface area contributed by atoms with Crippen molar-refractivity contribution in [3.63, 3.8) is 0 Å². The molecule has 11 heteroatoms. The number of aryl methyl sites for hydroxylation is 1. The minimum atomic E-state index is -0.738. The van der Waals surface area contributed by atoms with E-state index in [9.17, 15) is 24.6 Å². The zero-order valence-corrected chi connectivity index (χ0v) is 22.1. The predicted molar refractivity (Wildman–Crippen MR) is 139 cm³/mol. The molecule has 0 saturated carbocycles. The maximum absolute atomic E-state index is 12.9. The molecular weight excluding hydrogens is 490 g/mol. The van der Waals surface area contributed by atoms with Crippen molar-refractivity contribution in [2.75, 3.05) is 20.2 Å². The number of likely N-dealkylation sites (N-methyl/N-ethyl adjacent to an activating group) is 1. The Kier molecular flexibility index (Phi) is 7.01. The van der Waals surface area contributed by atoms with Crippen LogP contribution in [0.4, 0.5) is 0 Å². The van der Waals surface area contributed by atoms with Crippen LogP contribution in [0.2, 0.25) is 0 Å². The number of imidazole rings is 1. The maximum Gasteiger partial charge on any atom is 0.332 e. The van der Waals surface area contributed by atoms with Crippen LogP contribution in [0, 0.1) is 0 Å². The molecule has 0 aliphatic carbocycles. The summed E-state index contributed by atoms with van der Waals surface area (Å²) in [5, 5.41) is 21.0. The average molecular weight is 527 g/mol. The van der Waals surface area contributed by atoms with Gasteiger partial charge in [-0.2, -0.15) is 0 Å². The Morgan fingerprint density at radius 1 is 1.13 bits per heavy atom. The number of aromatic nitrogens is 4. The number of piperidine rings is 1. The fraction of sp³-hybridized carbons (Fsp3) is 0.556. The molecule has 2 aliphatic heterocycles. The zero-order chi connectivity index (χ0) is 27.2. The fourth-order valence-corrected chi connectivity index (χ4v) is 6.61. The number of ether oxygens (including phenoxy) is 1. The van der Waals surface area contributed by atoms with Gasteiger partial charge in [0.1, 0.15) is 24.7 Å². The number of hydrogen-bond acceptors (Lipinski definition) is 7. The Bertz CT molecular complexity index is 1430. The zero-order valence-electron chi connectivity index (χ0n) is 22.1. The molecule has 2 aliphatic rings. The normalized spacial score (nSPS) is 26.4. The smallest absolute Gasteiger partial charge is 0.332 e. The van der Waals surface area contributed by atoms with Crippen LogP contribution in [0.25, 0.3) is 11.2 Å². The second-order valence-electron chi connectivity index (χ2n) is 11.0. The van der Waals surface area contributed by atoms with Gasteiger partial charge in [0, 0.05) is 39.8 Å². The van der Waals surface area contributed by atoms with Crippen LogP contribution in [0.15, 0.2) is 46.2 Å². The van der Waals surface area contributed by atoms with Crippen LogP contribution >= 0.6 is 0 Å². The number of aliphatic hydroxyl groups is 2. The van der Waals surface area contributed by atoms with Gasteiger partial charge in [-0.1, -0.05) is 30.3 Å². The van der Waals surface area contributed by atoms with Crippen molar-refractivity contribution < 1.29 is 24.2 Å².